The minimum absolute atomic E-state index is 0.0322. The fraction of sp³-hybridized carbons (Fsp3) is 0.533. The monoisotopic (exact) mass is 277 g/mol. The summed E-state index contributed by atoms with van der Waals surface area (Å²) in [4.78, 5) is 18.5. The van der Waals surface area contributed by atoms with Crippen molar-refractivity contribution in [3.8, 4) is 0 Å². The van der Waals surface area contributed by atoms with Crippen LogP contribution in [0.4, 0.5) is 5.69 Å². The van der Waals surface area contributed by atoms with E-state index >= 15 is 0 Å². The maximum Gasteiger partial charge on any atom is 0.254 e. The standard InChI is InChI=1S/C15H23N3O2/c1-16(2)13-6-4-5-12(9-13)15(20)18-8-7-17(3)14(10-18)11-19/h4-6,9,14,19H,7-8,10-11H2,1-3H3/t14-/m1/s1. The van der Waals surface area contributed by atoms with E-state index in [4.69, 9.17) is 0 Å². The molecule has 1 aliphatic rings. The van der Waals surface area contributed by atoms with Crippen molar-refractivity contribution in [1.82, 2.24) is 9.80 Å². The van der Waals surface area contributed by atoms with Gasteiger partial charge in [0.05, 0.1) is 12.6 Å². The van der Waals surface area contributed by atoms with Crippen LogP contribution in [0.2, 0.25) is 0 Å². The van der Waals surface area contributed by atoms with Crippen LogP contribution in [0.15, 0.2) is 24.3 Å². The van der Waals surface area contributed by atoms with E-state index < -0.39 is 0 Å². The molecule has 0 aliphatic carbocycles. The highest BCUT2D eigenvalue weighted by Crippen LogP contribution is 2.17. The van der Waals surface area contributed by atoms with Crippen LogP contribution in [0.5, 0.6) is 0 Å². The average molecular weight is 277 g/mol. The zero-order valence-electron chi connectivity index (χ0n) is 12.4. The van der Waals surface area contributed by atoms with Crippen LogP contribution in [0.3, 0.4) is 0 Å². The van der Waals surface area contributed by atoms with Gasteiger partial charge in [0.25, 0.3) is 5.91 Å². The van der Waals surface area contributed by atoms with Crippen molar-refractivity contribution in [2.75, 3.05) is 52.3 Å². The van der Waals surface area contributed by atoms with Crippen molar-refractivity contribution in [1.29, 1.82) is 0 Å². The molecule has 1 N–H and O–H groups in total. The molecular weight excluding hydrogens is 254 g/mol. The number of carbonyl (C=O) groups excluding carboxylic acids is 1. The number of hydrogen-bond acceptors (Lipinski definition) is 4. The molecule has 1 heterocycles. The van der Waals surface area contributed by atoms with Crippen LogP contribution < -0.4 is 4.90 Å². The maximum absolute atomic E-state index is 12.5. The van der Waals surface area contributed by atoms with E-state index in [2.05, 4.69) is 4.90 Å². The quantitative estimate of drug-likeness (QED) is 0.874. The molecule has 0 spiro atoms. The summed E-state index contributed by atoms with van der Waals surface area (Å²) in [6.45, 7) is 2.17. The Hall–Kier alpha value is -1.59. The van der Waals surface area contributed by atoms with Crippen LogP contribution in [-0.2, 0) is 0 Å². The summed E-state index contributed by atoms with van der Waals surface area (Å²) in [5.41, 5.74) is 1.72. The fourth-order valence-electron chi connectivity index (χ4n) is 2.43. The number of amides is 1. The summed E-state index contributed by atoms with van der Waals surface area (Å²) >= 11 is 0. The molecule has 20 heavy (non-hydrogen) atoms. The molecule has 2 rings (SSSR count). The lowest BCUT2D eigenvalue weighted by molar-refractivity contribution is 0.0421. The van der Waals surface area contributed by atoms with Crippen LogP contribution in [0, 0.1) is 0 Å². The van der Waals surface area contributed by atoms with Crippen LogP contribution in [0.1, 0.15) is 10.4 Å². The Kier molecular flexibility index (Phi) is 4.62. The van der Waals surface area contributed by atoms with Gasteiger partial charge in [-0.3, -0.25) is 9.69 Å². The molecular formula is C15H23N3O2. The van der Waals surface area contributed by atoms with Crippen molar-refractivity contribution in [3.63, 3.8) is 0 Å². The fourth-order valence-corrected chi connectivity index (χ4v) is 2.43. The zero-order valence-corrected chi connectivity index (χ0v) is 12.4. The van der Waals surface area contributed by atoms with Crippen molar-refractivity contribution in [2.24, 2.45) is 0 Å². The molecule has 5 nitrogen and oxygen atoms in total. The predicted molar refractivity (Wildman–Crippen MR) is 80.2 cm³/mol. The molecule has 110 valence electrons. The summed E-state index contributed by atoms with van der Waals surface area (Å²) in [6, 6.07) is 7.68. The molecule has 1 amide bonds. The maximum atomic E-state index is 12.5. The number of piperazine rings is 1. The summed E-state index contributed by atoms with van der Waals surface area (Å²) < 4.78 is 0. The third-order valence-corrected chi connectivity index (χ3v) is 3.88. The summed E-state index contributed by atoms with van der Waals surface area (Å²) in [7, 11) is 5.90. The highest BCUT2D eigenvalue weighted by atomic mass is 16.3. The number of nitrogens with zero attached hydrogens (tertiary/aromatic N) is 3. The van der Waals surface area contributed by atoms with Crippen LogP contribution >= 0.6 is 0 Å². The second kappa shape index (κ2) is 6.24. The minimum Gasteiger partial charge on any atom is -0.395 e. The van der Waals surface area contributed by atoms with Gasteiger partial charge in [0.15, 0.2) is 0 Å². The van der Waals surface area contributed by atoms with Gasteiger partial charge in [-0.25, -0.2) is 0 Å². The smallest absolute Gasteiger partial charge is 0.254 e. The molecule has 1 fully saturated rings. The molecule has 5 heteroatoms. The second-order valence-electron chi connectivity index (χ2n) is 5.51. The SMILES string of the molecule is CN(C)c1cccc(C(=O)N2CCN(C)[C@@H](CO)C2)c1. The highest BCUT2D eigenvalue weighted by molar-refractivity contribution is 5.95. The van der Waals surface area contributed by atoms with E-state index in [-0.39, 0.29) is 18.6 Å². The molecule has 1 atom stereocenters. The Morgan fingerprint density at radius 1 is 1.40 bits per heavy atom. The highest BCUT2D eigenvalue weighted by Gasteiger charge is 2.27. The number of carbonyl (C=O) groups is 1. The Labute approximate surface area is 120 Å². The van der Waals surface area contributed by atoms with Crippen LogP contribution in [-0.4, -0.2) is 74.2 Å². The van der Waals surface area contributed by atoms with Gasteiger partial charge in [-0.2, -0.15) is 0 Å². The first-order valence-corrected chi connectivity index (χ1v) is 6.90. The summed E-state index contributed by atoms with van der Waals surface area (Å²) in [5, 5.41) is 9.36. The largest absolute Gasteiger partial charge is 0.395 e. The summed E-state index contributed by atoms with van der Waals surface area (Å²) in [6.07, 6.45) is 0. The van der Waals surface area contributed by atoms with Crippen molar-refractivity contribution >= 4 is 11.6 Å². The Bertz CT molecular complexity index is 476. The lowest BCUT2D eigenvalue weighted by atomic mass is 10.1. The first-order chi connectivity index (χ1) is 9.52. The third kappa shape index (κ3) is 3.11. The molecule has 1 saturated heterocycles. The number of aliphatic hydroxyl groups excluding tert-OH is 1. The number of likely N-dealkylation sites (N-methyl/N-ethyl adjacent to an activating group) is 1. The van der Waals surface area contributed by atoms with Crippen molar-refractivity contribution in [2.45, 2.75) is 6.04 Å². The first kappa shape index (κ1) is 14.8. The average Bonchev–Trinajstić information content (AvgIpc) is 2.47. The number of aliphatic hydroxyl groups is 1. The van der Waals surface area contributed by atoms with E-state index in [1.54, 1.807) is 0 Å². The van der Waals surface area contributed by atoms with Gasteiger partial charge >= 0.3 is 0 Å². The van der Waals surface area contributed by atoms with Crippen molar-refractivity contribution in [3.05, 3.63) is 29.8 Å². The molecule has 1 aromatic rings. The van der Waals surface area contributed by atoms with Gasteiger partial charge in [0, 0.05) is 45.0 Å². The minimum atomic E-state index is 0.0322. The van der Waals surface area contributed by atoms with Gasteiger partial charge in [0.2, 0.25) is 0 Å². The number of anilines is 1. The number of benzene rings is 1. The zero-order chi connectivity index (χ0) is 14.7. The van der Waals surface area contributed by atoms with Gasteiger partial charge < -0.3 is 14.9 Å². The molecule has 0 bridgehead atoms. The molecule has 0 aromatic heterocycles. The Balaban J connectivity index is 2.13. The Morgan fingerprint density at radius 3 is 2.80 bits per heavy atom. The predicted octanol–water partition coefficient (Wildman–Crippen LogP) is 0.501. The second-order valence-corrected chi connectivity index (χ2v) is 5.51. The molecule has 1 aromatic carbocycles. The van der Waals surface area contributed by atoms with Gasteiger partial charge in [-0.1, -0.05) is 6.07 Å². The van der Waals surface area contributed by atoms with E-state index in [0.717, 1.165) is 12.2 Å². The molecule has 1 aliphatic heterocycles. The molecule has 0 unspecified atom stereocenters. The van der Waals surface area contributed by atoms with Gasteiger partial charge in [-0.05, 0) is 25.2 Å². The van der Waals surface area contributed by atoms with Gasteiger partial charge in [0.1, 0.15) is 0 Å². The van der Waals surface area contributed by atoms with E-state index in [1.165, 1.54) is 0 Å². The van der Waals surface area contributed by atoms with Crippen LogP contribution in [0.25, 0.3) is 0 Å². The Morgan fingerprint density at radius 2 is 2.15 bits per heavy atom. The lowest BCUT2D eigenvalue weighted by Gasteiger charge is -2.38. The first-order valence-electron chi connectivity index (χ1n) is 6.90. The third-order valence-electron chi connectivity index (χ3n) is 3.88. The van der Waals surface area contributed by atoms with E-state index in [9.17, 15) is 9.90 Å². The lowest BCUT2D eigenvalue weighted by Crippen LogP contribution is -2.54. The van der Waals surface area contributed by atoms with E-state index in [0.29, 0.717) is 18.7 Å². The normalized spacial score (nSPS) is 20.0. The summed E-state index contributed by atoms with van der Waals surface area (Å²) in [5.74, 6) is 0.0419. The van der Waals surface area contributed by atoms with Gasteiger partial charge in [-0.15, -0.1) is 0 Å². The molecule has 0 radical (unpaired) electrons. The number of rotatable bonds is 3. The van der Waals surface area contributed by atoms with Crippen molar-refractivity contribution < 1.29 is 9.90 Å². The number of hydrogen-bond donors (Lipinski definition) is 1. The molecule has 0 saturated carbocycles. The topological polar surface area (TPSA) is 47.0 Å². The van der Waals surface area contributed by atoms with E-state index in [1.807, 2.05) is 55.2 Å².